The van der Waals surface area contributed by atoms with Gasteiger partial charge in [0.15, 0.2) is 16.8 Å². The lowest BCUT2D eigenvalue weighted by Crippen LogP contribution is -2.34. The highest BCUT2D eigenvalue weighted by Crippen LogP contribution is 2.29. The maximum Gasteiger partial charge on any atom is 0.407 e. The Balaban J connectivity index is 1.70. The largest absolute Gasteiger partial charge is 0.452 e. The highest BCUT2D eigenvalue weighted by molar-refractivity contribution is 5.95. The molecule has 152 valence electrons. The summed E-state index contributed by atoms with van der Waals surface area (Å²) in [5, 5.41) is 5.35. The minimum absolute atomic E-state index is 0.0867. The van der Waals surface area contributed by atoms with Crippen molar-refractivity contribution in [1.82, 2.24) is 10.3 Å². The highest BCUT2D eigenvalue weighted by atomic mass is 16.6. The average Bonchev–Trinajstić information content (AvgIpc) is 2.61. The van der Waals surface area contributed by atoms with Gasteiger partial charge in [0, 0.05) is 30.3 Å². The molecule has 8 heteroatoms. The van der Waals surface area contributed by atoms with Gasteiger partial charge < -0.3 is 19.8 Å². The standard InChI is InChI=1S/C21H23N3O5/c1-12-14(24-18(26)9-10-22-20(27)29-21(2,3)4)7-8-16-19(12)28-17-11-13(25)5-6-15(17)23-16/h5-8,11H,9-10H2,1-4H3,(H,22,27)(H,24,26). The second kappa shape index (κ2) is 7.90. The number of hydrogen-bond donors (Lipinski definition) is 2. The number of aryl methyl sites for hydroxylation is 1. The fourth-order valence-electron chi connectivity index (χ4n) is 2.74. The average molecular weight is 397 g/mol. The van der Waals surface area contributed by atoms with Gasteiger partial charge in [0.1, 0.15) is 16.8 Å². The Bertz CT molecular complexity index is 1100. The first kappa shape index (κ1) is 20.3. The fraction of sp³-hybridized carbons (Fsp3) is 0.333. The number of nitrogens with one attached hydrogen (secondary N) is 2. The summed E-state index contributed by atoms with van der Waals surface area (Å²) in [5.74, 6) is 0.122. The molecule has 0 atom stereocenters. The molecule has 8 nitrogen and oxygen atoms in total. The van der Waals surface area contributed by atoms with Crippen molar-refractivity contribution in [2.24, 2.45) is 0 Å². The Morgan fingerprint density at radius 3 is 2.66 bits per heavy atom. The predicted octanol–water partition coefficient (Wildman–Crippen LogP) is 3.45. The lowest BCUT2D eigenvalue weighted by atomic mass is 10.1. The van der Waals surface area contributed by atoms with Crippen LogP contribution < -0.4 is 16.1 Å². The molecule has 0 unspecified atom stereocenters. The van der Waals surface area contributed by atoms with Crippen LogP contribution in [0.3, 0.4) is 0 Å². The van der Waals surface area contributed by atoms with Crippen molar-refractivity contribution in [2.45, 2.75) is 39.7 Å². The van der Waals surface area contributed by atoms with E-state index in [1.165, 1.54) is 12.1 Å². The van der Waals surface area contributed by atoms with Crippen LogP contribution in [-0.2, 0) is 9.53 Å². The molecule has 1 heterocycles. The topological polar surface area (TPSA) is 111 Å². The molecule has 0 radical (unpaired) electrons. The number of ether oxygens (including phenoxy) is 1. The summed E-state index contributed by atoms with van der Waals surface area (Å²) in [6.07, 6.45) is -0.481. The molecule has 1 aliphatic heterocycles. The van der Waals surface area contributed by atoms with Crippen molar-refractivity contribution in [3.05, 3.63) is 46.1 Å². The molecule has 0 fully saturated rings. The van der Waals surface area contributed by atoms with Crippen LogP contribution in [0.2, 0.25) is 0 Å². The van der Waals surface area contributed by atoms with Crippen LogP contribution in [0.1, 0.15) is 32.8 Å². The molecule has 3 rings (SSSR count). The van der Waals surface area contributed by atoms with Gasteiger partial charge >= 0.3 is 6.09 Å². The van der Waals surface area contributed by atoms with Gasteiger partial charge in [-0.15, -0.1) is 0 Å². The monoisotopic (exact) mass is 397 g/mol. The number of benzene rings is 2. The van der Waals surface area contributed by atoms with Crippen LogP contribution in [0.4, 0.5) is 10.5 Å². The van der Waals surface area contributed by atoms with Crippen molar-refractivity contribution in [3.63, 3.8) is 0 Å². The SMILES string of the molecule is Cc1c(NC(=O)CCNC(=O)OC(C)(C)C)ccc2nc3ccc(=O)cc-3oc12. The Morgan fingerprint density at radius 1 is 1.17 bits per heavy atom. The van der Waals surface area contributed by atoms with E-state index in [4.69, 9.17) is 9.15 Å². The van der Waals surface area contributed by atoms with Crippen LogP contribution in [0, 0.1) is 6.92 Å². The van der Waals surface area contributed by atoms with Crippen molar-refractivity contribution >= 4 is 28.8 Å². The minimum Gasteiger partial charge on any atom is -0.452 e. The highest BCUT2D eigenvalue weighted by Gasteiger charge is 2.17. The lowest BCUT2D eigenvalue weighted by molar-refractivity contribution is -0.116. The number of alkyl carbamates (subject to hydrolysis) is 1. The summed E-state index contributed by atoms with van der Waals surface area (Å²) < 4.78 is 11.0. The van der Waals surface area contributed by atoms with Crippen LogP contribution in [-0.4, -0.2) is 29.1 Å². The van der Waals surface area contributed by atoms with Crippen LogP contribution in [0.15, 0.2) is 39.5 Å². The summed E-state index contributed by atoms with van der Waals surface area (Å²) in [6, 6.07) is 7.92. The molecule has 0 aromatic heterocycles. The molecule has 2 N–H and O–H groups in total. The summed E-state index contributed by atoms with van der Waals surface area (Å²) in [7, 11) is 0. The molecule has 0 saturated heterocycles. The van der Waals surface area contributed by atoms with Crippen LogP contribution in [0.5, 0.6) is 0 Å². The minimum atomic E-state index is -0.594. The number of carbonyl (C=O) groups excluding carboxylic acids is 2. The second-order valence-corrected chi connectivity index (χ2v) is 7.66. The number of aromatic nitrogens is 1. The molecule has 2 aliphatic rings. The van der Waals surface area contributed by atoms with E-state index in [0.29, 0.717) is 33.8 Å². The predicted molar refractivity (Wildman–Crippen MR) is 109 cm³/mol. The van der Waals surface area contributed by atoms with E-state index in [9.17, 15) is 14.4 Å². The normalized spacial score (nSPS) is 11.4. The lowest BCUT2D eigenvalue weighted by Gasteiger charge is -2.19. The Labute approximate surface area is 167 Å². The maximum atomic E-state index is 12.2. The summed E-state index contributed by atoms with van der Waals surface area (Å²) in [5.41, 5.74) is 2.21. The molecule has 2 amide bonds. The van der Waals surface area contributed by atoms with E-state index in [-0.39, 0.29) is 24.3 Å². The van der Waals surface area contributed by atoms with Gasteiger partial charge in [0.05, 0.1) is 0 Å². The van der Waals surface area contributed by atoms with Gasteiger partial charge in [0.2, 0.25) is 5.91 Å². The third kappa shape index (κ3) is 5.10. The van der Waals surface area contributed by atoms with Gasteiger partial charge in [-0.25, -0.2) is 9.78 Å². The zero-order chi connectivity index (χ0) is 21.2. The van der Waals surface area contributed by atoms with E-state index >= 15 is 0 Å². The smallest absolute Gasteiger partial charge is 0.407 e. The molecule has 1 aromatic carbocycles. The number of hydrogen-bond acceptors (Lipinski definition) is 6. The molecule has 1 aliphatic carbocycles. The third-order valence-electron chi connectivity index (χ3n) is 4.06. The Hall–Kier alpha value is -3.42. The van der Waals surface area contributed by atoms with Gasteiger partial charge in [-0.3, -0.25) is 9.59 Å². The maximum absolute atomic E-state index is 12.2. The van der Waals surface area contributed by atoms with Crippen molar-refractivity contribution in [3.8, 4) is 11.5 Å². The number of fused-ring (bicyclic) bond motifs is 2. The van der Waals surface area contributed by atoms with E-state index in [0.717, 1.165) is 0 Å². The van der Waals surface area contributed by atoms with Gasteiger partial charge in [-0.2, -0.15) is 0 Å². The number of nitrogens with zero attached hydrogens (tertiary/aromatic N) is 1. The zero-order valence-corrected chi connectivity index (χ0v) is 16.8. The fourth-order valence-corrected chi connectivity index (χ4v) is 2.74. The molecule has 0 bridgehead atoms. The van der Waals surface area contributed by atoms with Crippen LogP contribution in [0.25, 0.3) is 22.6 Å². The van der Waals surface area contributed by atoms with E-state index < -0.39 is 11.7 Å². The molecule has 0 saturated carbocycles. The number of carbonyl (C=O) groups is 2. The molecular weight excluding hydrogens is 374 g/mol. The quantitative estimate of drug-likeness (QED) is 0.653. The van der Waals surface area contributed by atoms with Gasteiger partial charge in [-0.1, -0.05) is 0 Å². The van der Waals surface area contributed by atoms with Gasteiger partial charge in [0.25, 0.3) is 0 Å². The molecule has 29 heavy (non-hydrogen) atoms. The number of amides is 2. The summed E-state index contributed by atoms with van der Waals surface area (Å²) >= 11 is 0. The molecule has 0 spiro atoms. The third-order valence-corrected chi connectivity index (χ3v) is 4.06. The number of anilines is 1. The van der Waals surface area contributed by atoms with Gasteiger partial charge in [-0.05, 0) is 52.0 Å². The summed E-state index contributed by atoms with van der Waals surface area (Å²) in [4.78, 5) is 39.9. The van der Waals surface area contributed by atoms with Crippen molar-refractivity contribution in [2.75, 3.05) is 11.9 Å². The molecular formula is C21H23N3O5. The summed E-state index contributed by atoms with van der Waals surface area (Å²) in [6.45, 7) is 7.25. The van der Waals surface area contributed by atoms with E-state index in [2.05, 4.69) is 15.6 Å². The first-order chi connectivity index (χ1) is 13.6. The second-order valence-electron chi connectivity index (χ2n) is 7.66. The first-order valence-electron chi connectivity index (χ1n) is 9.23. The zero-order valence-electron chi connectivity index (χ0n) is 16.8. The first-order valence-corrected chi connectivity index (χ1v) is 9.23. The molecule has 1 aromatic rings. The van der Waals surface area contributed by atoms with Crippen LogP contribution >= 0.6 is 0 Å². The van der Waals surface area contributed by atoms with Crippen molar-refractivity contribution < 1.29 is 18.7 Å². The Kier molecular flexibility index (Phi) is 5.54. The van der Waals surface area contributed by atoms with E-state index in [1.807, 2.05) is 0 Å². The van der Waals surface area contributed by atoms with E-state index in [1.54, 1.807) is 45.9 Å². The Morgan fingerprint density at radius 2 is 1.93 bits per heavy atom. The van der Waals surface area contributed by atoms with Crippen molar-refractivity contribution in [1.29, 1.82) is 0 Å². The number of rotatable bonds is 4.